The van der Waals surface area contributed by atoms with Gasteiger partial charge in [0.25, 0.3) is 0 Å². The lowest BCUT2D eigenvalue weighted by atomic mass is 9.84. The molecular weight excluding hydrogens is 184 g/mol. The normalized spacial score (nSPS) is 21.1. The molecule has 0 bridgehead atoms. The number of allylic oxidation sites excluding steroid dienone is 1. The molecule has 1 aromatic carbocycles. The zero-order chi connectivity index (χ0) is 10.5. The van der Waals surface area contributed by atoms with Gasteiger partial charge < -0.3 is 5.11 Å². The van der Waals surface area contributed by atoms with Crippen molar-refractivity contribution in [3.8, 4) is 0 Å². The molecule has 1 unspecified atom stereocenters. The molecule has 0 spiro atoms. The van der Waals surface area contributed by atoms with Crippen molar-refractivity contribution in [2.75, 3.05) is 6.61 Å². The second-order valence-electron chi connectivity index (χ2n) is 4.22. The van der Waals surface area contributed by atoms with Crippen LogP contribution < -0.4 is 0 Å². The van der Waals surface area contributed by atoms with Crippen molar-refractivity contribution >= 4 is 0 Å². The second kappa shape index (κ2) is 5.13. The van der Waals surface area contributed by atoms with Gasteiger partial charge in [-0.3, -0.25) is 0 Å². The van der Waals surface area contributed by atoms with Crippen LogP contribution in [0.15, 0.2) is 42.0 Å². The highest BCUT2D eigenvalue weighted by Gasteiger charge is 2.15. The number of hydrogen-bond acceptors (Lipinski definition) is 1. The maximum atomic E-state index is 8.86. The van der Waals surface area contributed by atoms with Crippen molar-refractivity contribution in [1.82, 2.24) is 0 Å². The molecule has 15 heavy (non-hydrogen) atoms. The SMILES string of the molecule is OCCC1=CCC(c2ccccc2)CC1. The van der Waals surface area contributed by atoms with Crippen LogP contribution >= 0.6 is 0 Å². The maximum absolute atomic E-state index is 8.86. The summed E-state index contributed by atoms with van der Waals surface area (Å²) in [5.41, 5.74) is 2.89. The standard InChI is InChI=1S/C14H18O/c15-11-10-12-6-8-14(9-7-12)13-4-2-1-3-5-13/h1-6,14-15H,7-11H2. The van der Waals surface area contributed by atoms with E-state index >= 15 is 0 Å². The molecule has 0 fully saturated rings. The Kier molecular flexibility index (Phi) is 3.57. The lowest BCUT2D eigenvalue weighted by Gasteiger charge is -2.22. The third-order valence-electron chi connectivity index (χ3n) is 3.21. The predicted molar refractivity (Wildman–Crippen MR) is 62.8 cm³/mol. The quantitative estimate of drug-likeness (QED) is 0.746. The molecule has 1 heteroatoms. The molecule has 1 atom stereocenters. The number of hydrogen-bond donors (Lipinski definition) is 1. The average Bonchev–Trinajstić information content (AvgIpc) is 2.32. The molecular formula is C14H18O. The summed E-state index contributed by atoms with van der Waals surface area (Å²) in [5, 5.41) is 8.86. The van der Waals surface area contributed by atoms with Crippen molar-refractivity contribution in [3.05, 3.63) is 47.5 Å². The maximum Gasteiger partial charge on any atom is 0.0468 e. The van der Waals surface area contributed by atoms with E-state index in [0.717, 1.165) is 19.3 Å². The molecule has 1 aliphatic carbocycles. The van der Waals surface area contributed by atoms with Gasteiger partial charge in [0.05, 0.1) is 0 Å². The van der Waals surface area contributed by atoms with Gasteiger partial charge >= 0.3 is 0 Å². The molecule has 1 aliphatic rings. The molecule has 0 amide bonds. The predicted octanol–water partition coefficient (Wildman–Crippen LogP) is 3.26. The molecule has 0 radical (unpaired) electrons. The summed E-state index contributed by atoms with van der Waals surface area (Å²) in [6, 6.07) is 10.7. The number of benzene rings is 1. The van der Waals surface area contributed by atoms with Crippen LogP contribution in [0.25, 0.3) is 0 Å². The molecule has 1 N–H and O–H groups in total. The lowest BCUT2D eigenvalue weighted by Crippen LogP contribution is -2.05. The van der Waals surface area contributed by atoms with Gasteiger partial charge in [-0.25, -0.2) is 0 Å². The minimum atomic E-state index is 0.293. The molecule has 1 nitrogen and oxygen atoms in total. The van der Waals surface area contributed by atoms with Gasteiger partial charge in [-0.1, -0.05) is 42.0 Å². The second-order valence-corrected chi connectivity index (χ2v) is 4.22. The van der Waals surface area contributed by atoms with Crippen molar-refractivity contribution < 1.29 is 5.11 Å². The molecule has 0 aromatic heterocycles. The molecule has 0 saturated heterocycles. The fraction of sp³-hybridized carbons (Fsp3) is 0.429. The first-order chi connectivity index (χ1) is 7.40. The van der Waals surface area contributed by atoms with E-state index in [1.54, 1.807) is 0 Å². The van der Waals surface area contributed by atoms with E-state index < -0.39 is 0 Å². The average molecular weight is 202 g/mol. The molecule has 80 valence electrons. The fourth-order valence-corrected chi connectivity index (χ4v) is 2.29. The summed E-state index contributed by atoms with van der Waals surface area (Å²) >= 11 is 0. The Labute approximate surface area is 91.4 Å². The van der Waals surface area contributed by atoms with Crippen LogP contribution in [-0.4, -0.2) is 11.7 Å². The Morgan fingerprint density at radius 1 is 1.20 bits per heavy atom. The van der Waals surface area contributed by atoms with Crippen LogP contribution in [0, 0.1) is 0 Å². The monoisotopic (exact) mass is 202 g/mol. The Balaban J connectivity index is 1.99. The summed E-state index contributed by atoms with van der Waals surface area (Å²) in [5.74, 6) is 0.689. The Hall–Kier alpha value is -1.08. The third-order valence-corrected chi connectivity index (χ3v) is 3.21. The van der Waals surface area contributed by atoms with Gasteiger partial charge in [-0.2, -0.15) is 0 Å². The zero-order valence-corrected chi connectivity index (χ0v) is 9.02. The Bertz CT molecular complexity index is 326. The minimum Gasteiger partial charge on any atom is -0.396 e. The van der Waals surface area contributed by atoms with Gasteiger partial charge in [0.15, 0.2) is 0 Å². The van der Waals surface area contributed by atoms with Crippen LogP contribution in [-0.2, 0) is 0 Å². The van der Waals surface area contributed by atoms with E-state index in [1.165, 1.54) is 17.6 Å². The van der Waals surface area contributed by atoms with Crippen LogP contribution in [0.2, 0.25) is 0 Å². The van der Waals surface area contributed by atoms with E-state index in [2.05, 4.69) is 36.4 Å². The van der Waals surface area contributed by atoms with E-state index in [-0.39, 0.29) is 0 Å². The first-order valence-electron chi connectivity index (χ1n) is 5.74. The minimum absolute atomic E-state index is 0.293. The van der Waals surface area contributed by atoms with E-state index in [1.807, 2.05) is 0 Å². The zero-order valence-electron chi connectivity index (χ0n) is 9.02. The fourth-order valence-electron chi connectivity index (χ4n) is 2.29. The summed E-state index contributed by atoms with van der Waals surface area (Å²) in [6.07, 6.45) is 6.70. The van der Waals surface area contributed by atoms with Gasteiger partial charge in [0.2, 0.25) is 0 Å². The number of aliphatic hydroxyl groups excluding tert-OH is 1. The Morgan fingerprint density at radius 2 is 2.00 bits per heavy atom. The number of rotatable bonds is 3. The summed E-state index contributed by atoms with van der Waals surface area (Å²) in [7, 11) is 0. The van der Waals surface area contributed by atoms with Gasteiger partial charge in [-0.05, 0) is 37.2 Å². The summed E-state index contributed by atoms with van der Waals surface area (Å²) in [4.78, 5) is 0. The topological polar surface area (TPSA) is 20.2 Å². The van der Waals surface area contributed by atoms with Crippen molar-refractivity contribution in [2.24, 2.45) is 0 Å². The van der Waals surface area contributed by atoms with E-state index in [9.17, 15) is 0 Å². The van der Waals surface area contributed by atoms with Crippen molar-refractivity contribution in [2.45, 2.75) is 31.6 Å². The summed E-state index contributed by atoms with van der Waals surface area (Å²) < 4.78 is 0. The van der Waals surface area contributed by atoms with Gasteiger partial charge in [0.1, 0.15) is 0 Å². The molecule has 0 saturated carbocycles. The highest BCUT2D eigenvalue weighted by atomic mass is 16.2. The summed E-state index contributed by atoms with van der Waals surface area (Å²) in [6.45, 7) is 0.293. The van der Waals surface area contributed by atoms with Crippen LogP contribution in [0.3, 0.4) is 0 Å². The van der Waals surface area contributed by atoms with Crippen molar-refractivity contribution in [3.63, 3.8) is 0 Å². The molecule has 0 aliphatic heterocycles. The smallest absolute Gasteiger partial charge is 0.0468 e. The van der Waals surface area contributed by atoms with Gasteiger partial charge in [0, 0.05) is 6.61 Å². The van der Waals surface area contributed by atoms with E-state index in [0.29, 0.717) is 12.5 Å². The highest BCUT2D eigenvalue weighted by molar-refractivity contribution is 5.23. The van der Waals surface area contributed by atoms with Crippen LogP contribution in [0.4, 0.5) is 0 Å². The highest BCUT2D eigenvalue weighted by Crippen LogP contribution is 2.32. The van der Waals surface area contributed by atoms with Crippen LogP contribution in [0.5, 0.6) is 0 Å². The Morgan fingerprint density at radius 3 is 2.60 bits per heavy atom. The lowest BCUT2D eigenvalue weighted by molar-refractivity contribution is 0.296. The largest absolute Gasteiger partial charge is 0.396 e. The first kappa shape index (κ1) is 10.4. The van der Waals surface area contributed by atoms with E-state index in [4.69, 9.17) is 5.11 Å². The van der Waals surface area contributed by atoms with Crippen LogP contribution in [0.1, 0.15) is 37.2 Å². The van der Waals surface area contributed by atoms with Gasteiger partial charge in [-0.15, -0.1) is 0 Å². The first-order valence-corrected chi connectivity index (χ1v) is 5.74. The molecule has 1 aromatic rings. The third kappa shape index (κ3) is 2.69. The number of aliphatic hydroxyl groups is 1. The van der Waals surface area contributed by atoms with Crippen molar-refractivity contribution in [1.29, 1.82) is 0 Å². The molecule has 0 heterocycles. The molecule has 2 rings (SSSR count).